The van der Waals surface area contributed by atoms with Crippen LogP contribution in [0.15, 0.2) is 54.6 Å². The van der Waals surface area contributed by atoms with Crippen molar-refractivity contribution in [3.63, 3.8) is 0 Å². The second-order valence-corrected chi connectivity index (χ2v) is 6.36. The van der Waals surface area contributed by atoms with E-state index in [1.165, 1.54) is 11.1 Å². The Kier molecular flexibility index (Phi) is 4.26. The highest BCUT2D eigenvalue weighted by Crippen LogP contribution is 2.36. The monoisotopic (exact) mass is 318 g/mol. The van der Waals surface area contributed by atoms with Gasteiger partial charge in [-0.3, -0.25) is 4.79 Å². The van der Waals surface area contributed by atoms with Gasteiger partial charge in [-0.05, 0) is 40.8 Å². The molecule has 122 valence electrons. The van der Waals surface area contributed by atoms with E-state index >= 15 is 0 Å². The molecule has 0 aromatic heterocycles. The number of carbonyl (C=O) groups excluding carboxylic acids is 1. The zero-order chi connectivity index (χ0) is 17.3. The summed E-state index contributed by atoms with van der Waals surface area (Å²) in [5.74, 6) is 0. The zero-order valence-electron chi connectivity index (χ0n) is 14.6. The van der Waals surface area contributed by atoms with E-state index in [9.17, 15) is 4.79 Å². The molecule has 3 aromatic rings. The minimum absolute atomic E-state index is 0.711. The number of aldehydes is 1. The van der Waals surface area contributed by atoms with E-state index in [0.29, 0.717) is 5.56 Å². The molecule has 0 saturated carbocycles. The first-order valence-electron chi connectivity index (χ1n) is 7.99. The maximum Gasteiger partial charge on any atom is 0.150 e. The topological polar surface area (TPSA) is 23.6 Å². The van der Waals surface area contributed by atoms with Gasteiger partial charge in [-0.25, -0.2) is 0 Å². The standard InChI is InChI=1S/C21H22N2O/c1-22(2)16-12-11-15(14-24)20(13-16)18-7-5-9-19-17(18)8-6-10-21(19)23(3)4/h5-14H,1-4H3. The number of benzene rings is 3. The average molecular weight is 318 g/mol. The number of anilines is 2. The first kappa shape index (κ1) is 16.1. The van der Waals surface area contributed by atoms with E-state index in [0.717, 1.165) is 28.5 Å². The number of hydrogen-bond acceptors (Lipinski definition) is 3. The van der Waals surface area contributed by atoms with Gasteiger partial charge in [0.05, 0.1) is 0 Å². The molecule has 0 aliphatic carbocycles. The molecular weight excluding hydrogens is 296 g/mol. The molecular formula is C21H22N2O. The van der Waals surface area contributed by atoms with Gasteiger partial charge in [0.1, 0.15) is 0 Å². The zero-order valence-corrected chi connectivity index (χ0v) is 14.6. The number of nitrogens with zero attached hydrogens (tertiary/aromatic N) is 2. The first-order valence-corrected chi connectivity index (χ1v) is 7.99. The van der Waals surface area contributed by atoms with Crippen LogP contribution in [0.3, 0.4) is 0 Å². The molecule has 0 unspecified atom stereocenters. The summed E-state index contributed by atoms with van der Waals surface area (Å²) < 4.78 is 0. The second kappa shape index (κ2) is 6.36. The van der Waals surface area contributed by atoms with Gasteiger partial charge in [0.2, 0.25) is 0 Å². The molecule has 0 atom stereocenters. The second-order valence-electron chi connectivity index (χ2n) is 6.36. The lowest BCUT2D eigenvalue weighted by atomic mass is 9.93. The minimum atomic E-state index is 0.711. The van der Waals surface area contributed by atoms with Crippen molar-refractivity contribution in [2.75, 3.05) is 38.0 Å². The first-order chi connectivity index (χ1) is 11.5. The van der Waals surface area contributed by atoms with Gasteiger partial charge in [-0.1, -0.05) is 30.3 Å². The van der Waals surface area contributed by atoms with Gasteiger partial charge in [-0.2, -0.15) is 0 Å². The molecule has 24 heavy (non-hydrogen) atoms. The number of hydrogen-bond donors (Lipinski definition) is 0. The molecule has 0 N–H and O–H groups in total. The van der Waals surface area contributed by atoms with Gasteiger partial charge in [0, 0.05) is 50.5 Å². The maximum atomic E-state index is 11.6. The maximum absolute atomic E-state index is 11.6. The summed E-state index contributed by atoms with van der Waals surface area (Å²) in [5, 5.41) is 2.34. The van der Waals surface area contributed by atoms with Crippen molar-refractivity contribution in [2.24, 2.45) is 0 Å². The van der Waals surface area contributed by atoms with Crippen molar-refractivity contribution in [3.8, 4) is 11.1 Å². The Labute approximate surface area is 143 Å². The van der Waals surface area contributed by atoms with Crippen molar-refractivity contribution in [2.45, 2.75) is 0 Å². The Hall–Kier alpha value is -2.81. The van der Waals surface area contributed by atoms with Gasteiger partial charge < -0.3 is 9.80 Å². The third-order valence-corrected chi connectivity index (χ3v) is 4.35. The smallest absolute Gasteiger partial charge is 0.150 e. The highest BCUT2D eigenvalue weighted by Gasteiger charge is 2.12. The van der Waals surface area contributed by atoms with Crippen molar-refractivity contribution in [3.05, 3.63) is 60.2 Å². The molecule has 0 heterocycles. The molecule has 0 saturated heterocycles. The van der Waals surface area contributed by atoms with Crippen LogP contribution < -0.4 is 9.80 Å². The van der Waals surface area contributed by atoms with Crippen molar-refractivity contribution in [1.29, 1.82) is 0 Å². The Morgan fingerprint density at radius 2 is 1.46 bits per heavy atom. The van der Waals surface area contributed by atoms with Crippen molar-refractivity contribution < 1.29 is 4.79 Å². The fourth-order valence-corrected chi connectivity index (χ4v) is 3.08. The van der Waals surface area contributed by atoms with Gasteiger partial charge in [-0.15, -0.1) is 0 Å². The van der Waals surface area contributed by atoms with Crippen molar-refractivity contribution in [1.82, 2.24) is 0 Å². The number of rotatable bonds is 4. The molecule has 3 heteroatoms. The lowest BCUT2D eigenvalue weighted by Crippen LogP contribution is -2.09. The summed E-state index contributed by atoms with van der Waals surface area (Å²) in [5.41, 5.74) is 5.02. The quantitative estimate of drug-likeness (QED) is 0.664. The van der Waals surface area contributed by atoms with Crippen LogP contribution in [0.2, 0.25) is 0 Å². The van der Waals surface area contributed by atoms with E-state index in [1.54, 1.807) is 0 Å². The Morgan fingerprint density at radius 3 is 2.12 bits per heavy atom. The van der Waals surface area contributed by atoms with Crippen LogP contribution in [0.1, 0.15) is 10.4 Å². The SMILES string of the molecule is CN(C)c1ccc(C=O)c(-c2cccc3c(N(C)C)cccc23)c1. The van der Waals surface area contributed by atoms with E-state index in [2.05, 4.69) is 52.3 Å². The van der Waals surface area contributed by atoms with Crippen LogP contribution in [0.4, 0.5) is 11.4 Å². The van der Waals surface area contributed by atoms with E-state index in [1.807, 2.05) is 40.3 Å². The molecule has 3 rings (SSSR count). The van der Waals surface area contributed by atoms with Crippen LogP contribution in [-0.2, 0) is 0 Å². The van der Waals surface area contributed by atoms with Gasteiger partial charge in [0.25, 0.3) is 0 Å². The Bertz CT molecular complexity index is 897. The van der Waals surface area contributed by atoms with Crippen LogP contribution in [-0.4, -0.2) is 34.5 Å². The largest absolute Gasteiger partial charge is 0.378 e. The average Bonchev–Trinajstić information content (AvgIpc) is 2.59. The van der Waals surface area contributed by atoms with E-state index in [4.69, 9.17) is 0 Å². The van der Waals surface area contributed by atoms with E-state index in [-0.39, 0.29) is 0 Å². The number of fused-ring (bicyclic) bond motifs is 1. The Balaban J connectivity index is 2.33. The number of carbonyl (C=O) groups is 1. The molecule has 0 radical (unpaired) electrons. The van der Waals surface area contributed by atoms with Crippen LogP contribution in [0.25, 0.3) is 21.9 Å². The predicted octanol–water partition coefficient (Wildman–Crippen LogP) is 4.45. The fraction of sp³-hybridized carbons (Fsp3) is 0.190. The summed E-state index contributed by atoms with van der Waals surface area (Å²) >= 11 is 0. The molecule has 0 amide bonds. The molecule has 0 aliphatic heterocycles. The summed E-state index contributed by atoms with van der Waals surface area (Å²) in [6.45, 7) is 0. The van der Waals surface area contributed by atoms with Crippen LogP contribution in [0, 0.1) is 0 Å². The fourth-order valence-electron chi connectivity index (χ4n) is 3.08. The molecule has 3 nitrogen and oxygen atoms in total. The van der Waals surface area contributed by atoms with Crippen molar-refractivity contribution >= 4 is 28.4 Å². The molecule has 0 aliphatic rings. The normalized spacial score (nSPS) is 10.7. The highest BCUT2D eigenvalue weighted by atomic mass is 16.1. The van der Waals surface area contributed by atoms with Crippen LogP contribution in [0.5, 0.6) is 0 Å². The Morgan fingerprint density at radius 1 is 0.750 bits per heavy atom. The molecule has 0 fully saturated rings. The predicted molar refractivity (Wildman–Crippen MR) is 103 cm³/mol. The third kappa shape index (κ3) is 2.73. The van der Waals surface area contributed by atoms with Crippen LogP contribution >= 0.6 is 0 Å². The van der Waals surface area contributed by atoms with Gasteiger partial charge >= 0.3 is 0 Å². The molecule has 0 bridgehead atoms. The van der Waals surface area contributed by atoms with Gasteiger partial charge in [0.15, 0.2) is 6.29 Å². The summed E-state index contributed by atoms with van der Waals surface area (Å²) in [7, 11) is 8.11. The summed E-state index contributed by atoms with van der Waals surface area (Å²) in [6.07, 6.45) is 0.934. The summed E-state index contributed by atoms with van der Waals surface area (Å²) in [6, 6.07) is 18.5. The lowest BCUT2D eigenvalue weighted by Gasteiger charge is -2.19. The lowest BCUT2D eigenvalue weighted by molar-refractivity contribution is 0.112. The molecule has 3 aromatic carbocycles. The minimum Gasteiger partial charge on any atom is -0.378 e. The third-order valence-electron chi connectivity index (χ3n) is 4.35. The molecule has 0 spiro atoms. The van der Waals surface area contributed by atoms with E-state index < -0.39 is 0 Å². The summed E-state index contributed by atoms with van der Waals surface area (Å²) in [4.78, 5) is 15.7. The highest BCUT2D eigenvalue weighted by molar-refractivity contribution is 6.05.